The van der Waals surface area contributed by atoms with Crippen LogP contribution in [-0.4, -0.2) is 14.3 Å². The zero-order valence-corrected chi connectivity index (χ0v) is 16.2. The van der Waals surface area contributed by atoms with Crippen LogP contribution >= 0.6 is 11.3 Å². The van der Waals surface area contributed by atoms with E-state index in [0.717, 1.165) is 23.3 Å². The Labute approximate surface area is 157 Å². The van der Waals surface area contributed by atoms with Crippen molar-refractivity contribution >= 4 is 32.8 Å². The van der Waals surface area contributed by atoms with Gasteiger partial charge in [0.05, 0.1) is 9.77 Å². The molecular weight excluding hydrogens is 366 g/mol. The average Bonchev–Trinajstić information content (AvgIpc) is 3.14. The van der Waals surface area contributed by atoms with E-state index >= 15 is 0 Å². The Morgan fingerprint density at radius 1 is 0.962 bits per heavy atom. The topological polar surface area (TPSA) is 63.2 Å². The van der Waals surface area contributed by atoms with Gasteiger partial charge in [0.15, 0.2) is 0 Å². The van der Waals surface area contributed by atoms with Gasteiger partial charge in [0.25, 0.3) is 5.91 Å². The quantitative estimate of drug-likeness (QED) is 0.692. The molecule has 1 amide bonds. The van der Waals surface area contributed by atoms with E-state index in [-0.39, 0.29) is 15.0 Å². The summed E-state index contributed by atoms with van der Waals surface area (Å²) in [5.74, 6) is -0.315. The third-order valence-corrected chi connectivity index (χ3v) is 7.37. The lowest BCUT2D eigenvalue weighted by Crippen LogP contribution is -2.10. The molecule has 0 spiro atoms. The van der Waals surface area contributed by atoms with E-state index in [2.05, 4.69) is 12.2 Å². The fourth-order valence-corrected chi connectivity index (χ4v) is 5.04. The zero-order chi connectivity index (χ0) is 18.7. The molecule has 4 nitrogen and oxygen atoms in total. The van der Waals surface area contributed by atoms with Gasteiger partial charge in [0.1, 0.15) is 4.21 Å². The molecule has 3 rings (SSSR count). The fraction of sp³-hybridized carbons (Fsp3) is 0.150. The highest BCUT2D eigenvalue weighted by Crippen LogP contribution is 2.28. The monoisotopic (exact) mass is 385 g/mol. The van der Waals surface area contributed by atoms with Crippen LogP contribution in [0.4, 0.5) is 5.69 Å². The van der Waals surface area contributed by atoms with E-state index in [0.29, 0.717) is 10.6 Å². The number of benzene rings is 2. The molecule has 134 valence electrons. The fourth-order valence-electron chi connectivity index (χ4n) is 2.44. The van der Waals surface area contributed by atoms with E-state index in [1.165, 1.54) is 11.6 Å². The number of thiophene rings is 1. The summed E-state index contributed by atoms with van der Waals surface area (Å²) >= 11 is 0.974. The number of anilines is 1. The first-order valence-electron chi connectivity index (χ1n) is 8.22. The van der Waals surface area contributed by atoms with Gasteiger partial charge in [0.2, 0.25) is 9.84 Å². The average molecular weight is 386 g/mol. The van der Waals surface area contributed by atoms with Crippen LogP contribution in [0.5, 0.6) is 0 Å². The second kappa shape index (κ2) is 7.43. The molecule has 3 aromatic rings. The molecule has 0 aliphatic heterocycles. The van der Waals surface area contributed by atoms with Gasteiger partial charge in [-0.3, -0.25) is 4.79 Å². The molecule has 0 aliphatic rings. The lowest BCUT2D eigenvalue weighted by Gasteiger charge is -2.04. The minimum atomic E-state index is -3.61. The van der Waals surface area contributed by atoms with Crippen molar-refractivity contribution in [2.75, 3.05) is 5.32 Å². The number of sulfone groups is 1. The van der Waals surface area contributed by atoms with Crippen molar-refractivity contribution in [1.82, 2.24) is 0 Å². The Kier molecular flexibility index (Phi) is 5.25. The van der Waals surface area contributed by atoms with Gasteiger partial charge >= 0.3 is 0 Å². The summed E-state index contributed by atoms with van der Waals surface area (Å²) in [6.07, 6.45) is 0.930. The molecule has 1 aromatic heterocycles. The Morgan fingerprint density at radius 3 is 2.23 bits per heavy atom. The number of aryl methyl sites for hydroxylation is 2. The summed E-state index contributed by atoms with van der Waals surface area (Å²) in [6, 6.07) is 17.3. The van der Waals surface area contributed by atoms with E-state index < -0.39 is 9.84 Å². The number of hydrogen-bond acceptors (Lipinski definition) is 4. The Bertz CT molecular complexity index is 1020. The van der Waals surface area contributed by atoms with Gasteiger partial charge in [-0.1, -0.05) is 36.8 Å². The molecule has 0 bridgehead atoms. The maximum atomic E-state index is 12.7. The van der Waals surface area contributed by atoms with Crippen molar-refractivity contribution in [3.8, 4) is 0 Å². The number of carbonyl (C=O) groups excluding carboxylic acids is 1. The van der Waals surface area contributed by atoms with Crippen LogP contribution in [0.1, 0.15) is 27.7 Å². The van der Waals surface area contributed by atoms with Gasteiger partial charge in [-0.05, 0) is 55.3 Å². The standard InChI is InChI=1S/C20H19NO3S2/c1-3-15-6-8-16(9-7-15)21-20(22)18-12-13-19(25-18)26(23,24)17-10-4-14(2)5-11-17/h4-13H,3H2,1-2H3,(H,21,22). The summed E-state index contributed by atoms with van der Waals surface area (Å²) < 4.78 is 25.5. The van der Waals surface area contributed by atoms with Crippen LogP contribution in [0.25, 0.3) is 0 Å². The van der Waals surface area contributed by atoms with Crippen molar-refractivity contribution in [2.45, 2.75) is 29.4 Å². The molecule has 0 aliphatic carbocycles. The highest BCUT2D eigenvalue weighted by Gasteiger charge is 2.21. The number of hydrogen-bond donors (Lipinski definition) is 1. The second-order valence-electron chi connectivity index (χ2n) is 5.94. The van der Waals surface area contributed by atoms with Crippen LogP contribution in [0.3, 0.4) is 0 Å². The van der Waals surface area contributed by atoms with Crippen molar-refractivity contribution in [1.29, 1.82) is 0 Å². The zero-order valence-electron chi connectivity index (χ0n) is 14.5. The molecule has 6 heteroatoms. The number of nitrogens with one attached hydrogen (secondary N) is 1. The molecular formula is C20H19NO3S2. The van der Waals surface area contributed by atoms with Gasteiger partial charge in [-0.15, -0.1) is 11.3 Å². The van der Waals surface area contributed by atoms with Crippen LogP contribution in [0.15, 0.2) is 69.8 Å². The lowest BCUT2D eigenvalue weighted by atomic mass is 10.1. The maximum absolute atomic E-state index is 12.7. The Morgan fingerprint density at radius 2 is 1.62 bits per heavy atom. The number of carbonyl (C=O) groups is 1. The van der Waals surface area contributed by atoms with Crippen molar-refractivity contribution in [2.24, 2.45) is 0 Å². The van der Waals surface area contributed by atoms with Crippen LogP contribution < -0.4 is 5.32 Å². The first-order chi connectivity index (χ1) is 12.4. The van der Waals surface area contributed by atoms with Crippen molar-refractivity contribution in [3.05, 3.63) is 76.7 Å². The van der Waals surface area contributed by atoms with Gasteiger partial charge in [-0.25, -0.2) is 8.42 Å². The highest BCUT2D eigenvalue weighted by molar-refractivity contribution is 7.93. The minimum Gasteiger partial charge on any atom is -0.321 e. The van der Waals surface area contributed by atoms with Crippen molar-refractivity contribution in [3.63, 3.8) is 0 Å². The SMILES string of the molecule is CCc1ccc(NC(=O)c2ccc(S(=O)(=O)c3ccc(C)cc3)s2)cc1. The molecule has 0 unspecified atom stereocenters. The van der Waals surface area contributed by atoms with E-state index in [9.17, 15) is 13.2 Å². The molecule has 0 saturated carbocycles. The summed E-state index contributed by atoms with van der Waals surface area (Å²) in [5, 5.41) is 2.80. The molecule has 0 atom stereocenters. The number of rotatable bonds is 5. The number of amides is 1. The second-order valence-corrected chi connectivity index (χ2v) is 9.20. The highest BCUT2D eigenvalue weighted by atomic mass is 32.2. The summed E-state index contributed by atoms with van der Waals surface area (Å²) in [5.41, 5.74) is 2.86. The first kappa shape index (κ1) is 18.4. The smallest absolute Gasteiger partial charge is 0.265 e. The van der Waals surface area contributed by atoms with E-state index in [4.69, 9.17) is 0 Å². The predicted octanol–water partition coefficient (Wildman–Crippen LogP) is 4.70. The largest absolute Gasteiger partial charge is 0.321 e. The maximum Gasteiger partial charge on any atom is 0.265 e. The van der Waals surface area contributed by atoms with Gasteiger partial charge in [-0.2, -0.15) is 0 Å². The van der Waals surface area contributed by atoms with Gasteiger partial charge in [0, 0.05) is 5.69 Å². The Balaban J connectivity index is 1.80. The predicted molar refractivity (Wildman–Crippen MR) is 105 cm³/mol. The molecule has 1 N–H and O–H groups in total. The molecule has 1 heterocycles. The van der Waals surface area contributed by atoms with Crippen molar-refractivity contribution < 1.29 is 13.2 Å². The lowest BCUT2D eigenvalue weighted by molar-refractivity contribution is 0.103. The summed E-state index contributed by atoms with van der Waals surface area (Å²) in [4.78, 5) is 13.0. The Hall–Kier alpha value is -2.44. The summed E-state index contributed by atoms with van der Waals surface area (Å²) in [6.45, 7) is 3.96. The normalized spacial score (nSPS) is 11.3. The molecule has 0 fully saturated rings. The summed E-state index contributed by atoms with van der Waals surface area (Å²) in [7, 11) is -3.61. The van der Waals surface area contributed by atoms with E-state index in [1.54, 1.807) is 30.3 Å². The third-order valence-electron chi connectivity index (χ3n) is 4.02. The molecule has 26 heavy (non-hydrogen) atoms. The van der Waals surface area contributed by atoms with Crippen LogP contribution in [0, 0.1) is 6.92 Å². The molecule has 2 aromatic carbocycles. The van der Waals surface area contributed by atoms with Gasteiger partial charge < -0.3 is 5.32 Å². The van der Waals surface area contributed by atoms with E-state index in [1.807, 2.05) is 31.2 Å². The van der Waals surface area contributed by atoms with Crippen LogP contribution in [-0.2, 0) is 16.3 Å². The molecule has 0 radical (unpaired) electrons. The molecule has 0 saturated heterocycles. The first-order valence-corrected chi connectivity index (χ1v) is 10.5. The minimum absolute atomic E-state index is 0.160. The van der Waals surface area contributed by atoms with Crippen LogP contribution in [0.2, 0.25) is 0 Å². The third kappa shape index (κ3) is 3.86.